The second kappa shape index (κ2) is 6.51. The first-order valence-corrected chi connectivity index (χ1v) is 8.35. The van der Waals surface area contributed by atoms with Crippen LogP contribution in [0.2, 0.25) is 0 Å². The van der Waals surface area contributed by atoms with E-state index in [1.807, 2.05) is 18.2 Å². The molecule has 2 heterocycles. The smallest absolute Gasteiger partial charge is 0.218 e. The van der Waals surface area contributed by atoms with Gasteiger partial charge in [-0.2, -0.15) is 4.31 Å². The van der Waals surface area contributed by atoms with Crippen LogP contribution in [0.5, 0.6) is 0 Å². The number of piperazine rings is 1. The van der Waals surface area contributed by atoms with E-state index in [1.165, 1.54) is 0 Å². The molecule has 0 amide bonds. The Morgan fingerprint density at radius 3 is 2.55 bits per heavy atom. The lowest BCUT2D eigenvalue weighted by atomic mass is 10.3. The average molecular weight is 298 g/mol. The van der Waals surface area contributed by atoms with Gasteiger partial charge < -0.3 is 10.2 Å². The quantitative estimate of drug-likeness (QED) is 0.838. The van der Waals surface area contributed by atoms with E-state index in [9.17, 15) is 8.42 Å². The van der Waals surface area contributed by atoms with Crippen LogP contribution in [0.4, 0.5) is 5.82 Å². The average Bonchev–Trinajstić information content (AvgIpc) is 2.48. The van der Waals surface area contributed by atoms with Crippen molar-refractivity contribution in [1.82, 2.24) is 14.6 Å². The number of nitrogens with one attached hydrogen (secondary N) is 1. The van der Waals surface area contributed by atoms with E-state index in [0.717, 1.165) is 5.82 Å². The Balaban J connectivity index is 1.98. The van der Waals surface area contributed by atoms with Gasteiger partial charge in [0.05, 0.1) is 5.25 Å². The van der Waals surface area contributed by atoms with Crippen LogP contribution in [0, 0.1) is 0 Å². The fourth-order valence-electron chi connectivity index (χ4n) is 2.36. The third-order valence-corrected chi connectivity index (χ3v) is 5.84. The van der Waals surface area contributed by atoms with Gasteiger partial charge in [-0.05, 0) is 26.1 Å². The molecule has 1 fully saturated rings. The molecule has 0 aliphatic carbocycles. The number of hydrogen-bond acceptors (Lipinski definition) is 5. The molecule has 1 aliphatic rings. The highest BCUT2D eigenvalue weighted by atomic mass is 32.2. The van der Waals surface area contributed by atoms with Crippen LogP contribution in [0.1, 0.15) is 6.92 Å². The second-order valence-corrected chi connectivity index (χ2v) is 7.34. The Hall–Kier alpha value is -1.18. The first kappa shape index (κ1) is 15.2. The van der Waals surface area contributed by atoms with E-state index in [4.69, 9.17) is 0 Å². The fourth-order valence-corrected chi connectivity index (χ4v) is 3.92. The number of pyridine rings is 1. The Labute approximate surface area is 120 Å². The molecular weight excluding hydrogens is 276 g/mol. The lowest BCUT2D eigenvalue weighted by Crippen LogP contribution is -2.52. The predicted molar refractivity (Wildman–Crippen MR) is 80.3 cm³/mol. The highest BCUT2D eigenvalue weighted by molar-refractivity contribution is 7.89. The standard InChI is InChI=1S/C13H22N4O2S/c1-12(11-14-2)20(18,19)17-9-7-16(8-10-17)13-5-3-4-6-15-13/h3-6,12,14H,7-11H2,1-2H3. The minimum Gasteiger partial charge on any atom is -0.354 e. The Kier molecular flexibility index (Phi) is 4.95. The molecular formula is C13H22N4O2S. The molecule has 1 aliphatic heterocycles. The van der Waals surface area contributed by atoms with Crippen LogP contribution >= 0.6 is 0 Å². The molecule has 6 nitrogen and oxygen atoms in total. The van der Waals surface area contributed by atoms with E-state index < -0.39 is 15.3 Å². The summed E-state index contributed by atoms with van der Waals surface area (Å²) in [6.07, 6.45) is 1.76. The number of sulfonamides is 1. The van der Waals surface area contributed by atoms with Crippen molar-refractivity contribution in [3.05, 3.63) is 24.4 Å². The van der Waals surface area contributed by atoms with Crippen molar-refractivity contribution in [1.29, 1.82) is 0 Å². The van der Waals surface area contributed by atoms with Gasteiger partial charge >= 0.3 is 0 Å². The number of aromatic nitrogens is 1. The van der Waals surface area contributed by atoms with Crippen LogP contribution in [-0.2, 0) is 10.0 Å². The van der Waals surface area contributed by atoms with Crippen LogP contribution in [-0.4, -0.2) is 62.7 Å². The molecule has 0 saturated carbocycles. The summed E-state index contributed by atoms with van der Waals surface area (Å²) < 4.78 is 26.3. The Morgan fingerprint density at radius 2 is 2.00 bits per heavy atom. The molecule has 1 atom stereocenters. The summed E-state index contributed by atoms with van der Waals surface area (Å²) in [6.45, 7) is 4.63. The number of anilines is 1. The molecule has 1 aromatic rings. The summed E-state index contributed by atoms with van der Waals surface area (Å²) in [5, 5.41) is 2.53. The maximum absolute atomic E-state index is 12.4. The normalized spacial score (nSPS) is 19.0. The van der Waals surface area contributed by atoms with E-state index in [-0.39, 0.29) is 0 Å². The number of nitrogens with zero attached hydrogens (tertiary/aromatic N) is 3. The summed E-state index contributed by atoms with van der Waals surface area (Å²) >= 11 is 0. The van der Waals surface area contributed by atoms with Crippen molar-refractivity contribution in [3.8, 4) is 0 Å². The summed E-state index contributed by atoms with van der Waals surface area (Å²) in [5.41, 5.74) is 0. The largest absolute Gasteiger partial charge is 0.354 e. The van der Waals surface area contributed by atoms with Gasteiger partial charge in [0.25, 0.3) is 0 Å². The first-order valence-electron chi connectivity index (χ1n) is 6.85. The Bertz CT molecular complexity index is 512. The molecule has 0 aromatic carbocycles. The summed E-state index contributed by atoms with van der Waals surface area (Å²) in [7, 11) is -1.44. The molecule has 1 N–H and O–H groups in total. The predicted octanol–water partition coefficient (Wildman–Crippen LogP) is 0.141. The van der Waals surface area contributed by atoms with Gasteiger partial charge in [-0.25, -0.2) is 13.4 Å². The summed E-state index contributed by atoms with van der Waals surface area (Å²) in [6, 6.07) is 5.78. The zero-order valence-electron chi connectivity index (χ0n) is 12.0. The second-order valence-electron chi connectivity index (χ2n) is 4.99. The van der Waals surface area contributed by atoms with Crippen LogP contribution in [0.25, 0.3) is 0 Å². The van der Waals surface area contributed by atoms with Crippen LogP contribution in [0.3, 0.4) is 0 Å². The first-order chi connectivity index (χ1) is 9.55. The van der Waals surface area contributed by atoms with Gasteiger partial charge in [0, 0.05) is 38.9 Å². The van der Waals surface area contributed by atoms with Crippen LogP contribution < -0.4 is 10.2 Å². The lowest BCUT2D eigenvalue weighted by molar-refractivity contribution is 0.378. The fraction of sp³-hybridized carbons (Fsp3) is 0.615. The summed E-state index contributed by atoms with van der Waals surface area (Å²) in [5.74, 6) is 0.910. The van der Waals surface area contributed by atoms with Gasteiger partial charge in [0.1, 0.15) is 5.82 Å². The lowest BCUT2D eigenvalue weighted by Gasteiger charge is -2.35. The van der Waals surface area contributed by atoms with Crippen LogP contribution in [0.15, 0.2) is 24.4 Å². The molecule has 1 aromatic heterocycles. The molecule has 2 rings (SSSR count). The zero-order chi connectivity index (χ0) is 14.6. The van der Waals surface area contributed by atoms with Crippen molar-refractivity contribution >= 4 is 15.8 Å². The van der Waals surface area contributed by atoms with E-state index in [2.05, 4.69) is 15.2 Å². The number of rotatable bonds is 5. The Morgan fingerprint density at radius 1 is 1.30 bits per heavy atom. The van der Waals surface area contributed by atoms with Crippen molar-refractivity contribution in [3.63, 3.8) is 0 Å². The van der Waals surface area contributed by atoms with E-state index >= 15 is 0 Å². The van der Waals surface area contributed by atoms with Gasteiger partial charge in [-0.3, -0.25) is 0 Å². The molecule has 0 bridgehead atoms. The molecule has 20 heavy (non-hydrogen) atoms. The SMILES string of the molecule is CNCC(C)S(=O)(=O)N1CCN(c2ccccn2)CC1. The third kappa shape index (κ3) is 3.28. The molecule has 1 unspecified atom stereocenters. The third-order valence-electron chi connectivity index (χ3n) is 3.57. The maximum atomic E-state index is 12.4. The van der Waals surface area contributed by atoms with Crippen molar-refractivity contribution in [2.24, 2.45) is 0 Å². The minimum absolute atomic E-state index is 0.395. The highest BCUT2D eigenvalue weighted by Crippen LogP contribution is 2.16. The molecule has 112 valence electrons. The van der Waals surface area contributed by atoms with E-state index in [1.54, 1.807) is 24.5 Å². The minimum atomic E-state index is -3.21. The van der Waals surface area contributed by atoms with Gasteiger partial charge in [0.2, 0.25) is 10.0 Å². The van der Waals surface area contributed by atoms with Crippen molar-refractivity contribution in [2.75, 3.05) is 44.7 Å². The van der Waals surface area contributed by atoms with Gasteiger partial charge in [-0.1, -0.05) is 6.07 Å². The van der Waals surface area contributed by atoms with Crippen molar-refractivity contribution < 1.29 is 8.42 Å². The monoisotopic (exact) mass is 298 g/mol. The molecule has 0 radical (unpaired) electrons. The van der Waals surface area contributed by atoms with Gasteiger partial charge in [0.15, 0.2) is 0 Å². The molecule has 7 heteroatoms. The molecule has 0 spiro atoms. The molecule has 1 saturated heterocycles. The highest BCUT2D eigenvalue weighted by Gasteiger charge is 2.31. The van der Waals surface area contributed by atoms with E-state index in [0.29, 0.717) is 32.7 Å². The van der Waals surface area contributed by atoms with Crippen molar-refractivity contribution in [2.45, 2.75) is 12.2 Å². The topological polar surface area (TPSA) is 65.5 Å². The summed E-state index contributed by atoms with van der Waals surface area (Å²) in [4.78, 5) is 6.42. The maximum Gasteiger partial charge on any atom is 0.218 e. The number of hydrogen-bond donors (Lipinski definition) is 1. The zero-order valence-corrected chi connectivity index (χ0v) is 12.8. The van der Waals surface area contributed by atoms with Gasteiger partial charge in [-0.15, -0.1) is 0 Å².